The van der Waals surface area contributed by atoms with Crippen LogP contribution in [0, 0.1) is 0 Å². The number of benzene rings is 2. The molecule has 0 atom stereocenters. The first-order valence-corrected chi connectivity index (χ1v) is 9.93. The molecule has 0 radical (unpaired) electrons. The number of hydrogen-bond donors (Lipinski definition) is 3. The average molecular weight is 389 g/mol. The Balaban J connectivity index is 2.01. The summed E-state index contributed by atoms with van der Waals surface area (Å²) in [5.74, 6) is -0.487. The van der Waals surface area contributed by atoms with E-state index in [1.54, 1.807) is 32.0 Å². The molecule has 0 aromatic heterocycles. The molecule has 0 spiro atoms. The largest absolute Gasteiger partial charge is 0.348 e. The number of amides is 2. The lowest BCUT2D eigenvalue weighted by atomic mass is 10.1. The number of rotatable bonds is 7. The van der Waals surface area contributed by atoms with Crippen molar-refractivity contribution >= 4 is 27.5 Å². The fraction of sp³-hybridized carbons (Fsp3) is 0.263. The van der Waals surface area contributed by atoms with Gasteiger partial charge in [0.15, 0.2) is 0 Å². The molecule has 0 saturated carbocycles. The van der Waals surface area contributed by atoms with E-state index in [0.29, 0.717) is 11.3 Å². The summed E-state index contributed by atoms with van der Waals surface area (Å²) in [4.78, 5) is 23.5. The maximum atomic E-state index is 12.3. The van der Waals surface area contributed by atoms with Crippen LogP contribution in [-0.2, 0) is 21.4 Å². The minimum absolute atomic E-state index is 0.107. The summed E-state index contributed by atoms with van der Waals surface area (Å²) >= 11 is 0. The van der Waals surface area contributed by atoms with Gasteiger partial charge in [-0.25, -0.2) is 13.1 Å². The van der Waals surface area contributed by atoms with Gasteiger partial charge < -0.3 is 10.6 Å². The van der Waals surface area contributed by atoms with Crippen molar-refractivity contribution in [3.8, 4) is 0 Å². The lowest BCUT2D eigenvalue weighted by Crippen LogP contribution is -2.30. The predicted octanol–water partition coefficient (Wildman–Crippen LogP) is 2.26. The van der Waals surface area contributed by atoms with Gasteiger partial charge in [-0.3, -0.25) is 9.59 Å². The fourth-order valence-corrected chi connectivity index (χ4v) is 3.66. The molecular weight excluding hydrogens is 366 g/mol. The molecular formula is C19H23N3O4S. The van der Waals surface area contributed by atoms with E-state index in [1.807, 2.05) is 6.07 Å². The zero-order valence-electron chi connectivity index (χ0n) is 15.4. The monoisotopic (exact) mass is 389 g/mol. The standard InChI is InChI=1S/C19H23N3O4S/c1-13(2)22-27(25,26)18-9-7-16(8-10-18)19(24)20-12-15-5-4-6-17(11-15)21-14(3)23/h4-11,13,22H,12H2,1-3H3,(H,20,24)(H,21,23). The van der Waals surface area contributed by atoms with Crippen LogP contribution in [0.1, 0.15) is 36.7 Å². The van der Waals surface area contributed by atoms with Gasteiger partial charge in [-0.05, 0) is 55.8 Å². The average Bonchev–Trinajstić information content (AvgIpc) is 2.58. The summed E-state index contributed by atoms with van der Waals surface area (Å²) in [5, 5.41) is 5.45. The third-order valence-corrected chi connectivity index (χ3v) is 5.19. The van der Waals surface area contributed by atoms with Crippen LogP contribution in [0.5, 0.6) is 0 Å². The number of hydrogen-bond acceptors (Lipinski definition) is 4. The van der Waals surface area contributed by atoms with Crippen molar-refractivity contribution in [2.75, 3.05) is 5.32 Å². The first-order valence-electron chi connectivity index (χ1n) is 8.44. The highest BCUT2D eigenvalue weighted by atomic mass is 32.2. The number of carbonyl (C=O) groups excluding carboxylic acids is 2. The van der Waals surface area contributed by atoms with Crippen molar-refractivity contribution in [3.63, 3.8) is 0 Å². The molecule has 2 aromatic rings. The maximum Gasteiger partial charge on any atom is 0.251 e. The smallest absolute Gasteiger partial charge is 0.251 e. The van der Waals surface area contributed by atoms with E-state index in [4.69, 9.17) is 0 Å². The molecule has 0 aliphatic rings. The molecule has 0 aliphatic carbocycles. The van der Waals surface area contributed by atoms with Crippen molar-refractivity contribution in [1.82, 2.24) is 10.0 Å². The Morgan fingerprint density at radius 2 is 1.70 bits per heavy atom. The van der Waals surface area contributed by atoms with Crippen molar-refractivity contribution in [2.24, 2.45) is 0 Å². The summed E-state index contributed by atoms with van der Waals surface area (Å²) in [7, 11) is -3.59. The third-order valence-electron chi connectivity index (χ3n) is 3.52. The van der Waals surface area contributed by atoms with Crippen LogP contribution in [0.15, 0.2) is 53.4 Å². The van der Waals surface area contributed by atoms with Crippen molar-refractivity contribution in [3.05, 3.63) is 59.7 Å². The zero-order chi connectivity index (χ0) is 20.0. The third kappa shape index (κ3) is 6.19. The van der Waals surface area contributed by atoms with Gasteiger partial charge in [-0.2, -0.15) is 0 Å². The van der Waals surface area contributed by atoms with Crippen LogP contribution in [0.2, 0.25) is 0 Å². The summed E-state index contributed by atoms with van der Waals surface area (Å²) in [5.41, 5.74) is 1.84. The summed E-state index contributed by atoms with van der Waals surface area (Å²) in [6, 6.07) is 12.7. The first-order chi connectivity index (χ1) is 12.7. The Labute approximate surface area is 159 Å². The topological polar surface area (TPSA) is 104 Å². The second-order valence-corrected chi connectivity index (χ2v) is 8.08. The van der Waals surface area contributed by atoms with E-state index in [0.717, 1.165) is 5.56 Å². The van der Waals surface area contributed by atoms with Gasteiger partial charge in [0, 0.05) is 30.8 Å². The number of anilines is 1. The summed E-state index contributed by atoms with van der Waals surface area (Å²) in [6.07, 6.45) is 0. The molecule has 3 N–H and O–H groups in total. The lowest BCUT2D eigenvalue weighted by Gasteiger charge is -2.10. The normalized spacial score (nSPS) is 11.3. The van der Waals surface area contributed by atoms with Crippen molar-refractivity contribution in [2.45, 2.75) is 38.3 Å². The molecule has 0 fully saturated rings. The minimum Gasteiger partial charge on any atom is -0.348 e. The fourth-order valence-electron chi connectivity index (χ4n) is 2.41. The highest BCUT2D eigenvalue weighted by Crippen LogP contribution is 2.13. The Morgan fingerprint density at radius 1 is 1.04 bits per heavy atom. The Hall–Kier alpha value is -2.71. The van der Waals surface area contributed by atoms with E-state index in [-0.39, 0.29) is 29.3 Å². The van der Waals surface area contributed by atoms with Crippen LogP contribution in [0.4, 0.5) is 5.69 Å². The van der Waals surface area contributed by atoms with Crippen LogP contribution in [0.3, 0.4) is 0 Å². The first kappa shape index (κ1) is 20.6. The SMILES string of the molecule is CC(=O)Nc1cccc(CNC(=O)c2ccc(S(=O)(=O)NC(C)C)cc2)c1. The van der Waals surface area contributed by atoms with E-state index >= 15 is 0 Å². The van der Waals surface area contributed by atoms with E-state index in [9.17, 15) is 18.0 Å². The molecule has 144 valence electrons. The number of sulfonamides is 1. The van der Waals surface area contributed by atoms with E-state index < -0.39 is 10.0 Å². The molecule has 2 aromatic carbocycles. The van der Waals surface area contributed by atoms with Gasteiger partial charge in [-0.1, -0.05) is 12.1 Å². The predicted molar refractivity (Wildman–Crippen MR) is 104 cm³/mol. The molecule has 0 aliphatic heterocycles. The van der Waals surface area contributed by atoms with Gasteiger partial charge in [0.05, 0.1) is 4.90 Å². The quantitative estimate of drug-likeness (QED) is 0.675. The molecule has 0 heterocycles. The summed E-state index contributed by atoms with van der Waals surface area (Å²) in [6.45, 7) is 5.18. The van der Waals surface area contributed by atoms with Crippen molar-refractivity contribution in [1.29, 1.82) is 0 Å². The zero-order valence-corrected chi connectivity index (χ0v) is 16.3. The van der Waals surface area contributed by atoms with Crippen LogP contribution >= 0.6 is 0 Å². The number of nitrogens with one attached hydrogen (secondary N) is 3. The minimum atomic E-state index is -3.59. The summed E-state index contributed by atoms with van der Waals surface area (Å²) < 4.78 is 26.7. The van der Waals surface area contributed by atoms with Crippen LogP contribution < -0.4 is 15.4 Å². The highest BCUT2D eigenvalue weighted by molar-refractivity contribution is 7.89. The maximum absolute atomic E-state index is 12.3. The second kappa shape index (κ2) is 8.79. The molecule has 7 nitrogen and oxygen atoms in total. The Bertz CT molecular complexity index is 922. The van der Waals surface area contributed by atoms with Gasteiger partial charge in [0.25, 0.3) is 5.91 Å². The van der Waals surface area contributed by atoms with Gasteiger partial charge in [0.2, 0.25) is 15.9 Å². The number of carbonyl (C=O) groups is 2. The van der Waals surface area contributed by atoms with Crippen LogP contribution in [0.25, 0.3) is 0 Å². The van der Waals surface area contributed by atoms with Gasteiger partial charge in [-0.15, -0.1) is 0 Å². The molecule has 2 rings (SSSR count). The Morgan fingerprint density at radius 3 is 2.30 bits per heavy atom. The molecule has 27 heavy (non-hydrogen) atoms. The lowest BCUT2D eigenvalue weighted by molar-refractivity contribution is -0.114. The highest BCUT2D eigenvalue weighted by Gasteiger charge is 2.16. The molecule has 0 unspecified atom stereocenters. The Kier molecular flexibility index (Phi) is 6.70. The molecule has 0 saturated heterocycles. The second-order valence-electron chi connectivity index (χ2n) is 6.36. The van der Waals surface area contributed by atoms with Gasteiger partial charge in [0.1, 0.15) is 0 Å². The molecule has 0 bridgehead atoms. The molecule has 8 heteroatoms. The van der Waals surface area contributed by atoms with Crippen LogP contribution in [-0.4, -0.2) is 26.3 Å². The van der Waals surface area contributed by atoms with Crippen molar-refractivity contribution < 1.29 is 18.0 Å². The van der Waals surface area contributed by atoms with E-state index in [2.05, 4.69) is 15.4 Å². The van der Waals surface area contributed by atoms with Gasteiger partial charge >= 0.3 is 0 Å². The van der Waals surface area contributed by atoms with E-state index in [1.165, 1.54) is 31.2 Å². The molecule has 2 amide bonds.